The molecule has 1 N–H and O–H groups in total. The first kappa shape index (κ1) is 30.8. The number of amides is 2. The van der Waals surface area contributed by atoms with Gasteiger partial charge in [0.2, 0.25) is 21.8 Å². The number of sulfonamides is 1. The molecule has 1 saturated carbocycles. The lowest BCUT2D eigenvalue weighted by molar-refractivity contribution is -0.140. The molecule has 1 aliphatic rings. The molecule has 0 saturated heterocycles. The molecule has 1 fully saturated rings. The predicted octanol–water partition coefficient (Wildman–Crippen LogP) is 6.32. The first-order chi connectivity index (χ1) is 17.9. The molecule has 1 aliphatic carbocycles. The zero-order valence-electron chi connectivity index (χ0n) is 21.2. The van der Waals surface area contributed by atoms with E-state index in [9.17, 15) is 18.0 Å². The van der Waals surface area contributed by atoms with Crippen LogP contribution in [0.4, 0.5) is 5.69 Å². The molecule has 2 aromatic carbocycles. The molecule has 2 amide bonds. The summed E-state index contributed by atoms with van der Waals surface area (Å²) in [4.78, 5) is 28.7. The van der Waals surface area contributed by atoms with Crippen LogP contribution in [0.5, 0.6) is 0 Å². The highest BCUT2D eigenvalue weighted by Crippen LogP contribution is 2.30. The van der Waals surface area contributed by atoms with E-state index < -0.39 is 28.5 Å². The van der Waals surface area contributed by atoms with Gasteiger partial charge in [0.05, 0.1) is 11.9 Å². The quantitative estimate of drug-likeness (QED) is 0.336. The predicted molar refractivity (Wildman–Crippen MR) is 155 cm³/mol. The second kappa shape index (κ2) is 13.6. The van der Waals surface area contributed by atoms with Gasteiger partial charge in [-0.15, -0.1) is 0 Å². The standard InChI is InChI=1S/C26H31Cl4N3O4S/c1-3-24(26(35)31-19-8-5-4-6-9-19)32(15-21-22(29)10-7-11-23(21)30)25(34)16-33(38(2,36)37)20-13-17(27)12-18(28)14-20/h7,10-14,19,24H,3-6,8-9,15-16H2,1-2H3,(H,31,35). The maximum atomic E-state index is 13.9. The van der Waals surface area contributed by atoms with Crippen molar-refractivity contribution in [1.29, 1.82) is 0 Å². The average Bonchev–Trinajstić information content (AvgIpc) is 2.83. The Bertz CT molecular complexity index is 1230. The number of nitrogens with one attached hydrogen (secondary N) is 1. The molecule has 0 bridgehead atoms. The summed E-state index contributed by atoms with van der Waals surface area (Å²) < 4.78 is 26.4. The molecule has 7 nitrogen and oxygen atoms in total. The third kappa shape index (κ3) is 8.15. The van der Waals surface area contributed by atoms with Crippen molar-refractivity contribution in [2.45, 2.75) is 64.1 Å². The molecular weight excluding hydrogens is 592 g/mol. The molecule has 12 heteroatoms. The number of carbonyl (C=O) groups excluding carboxylic acids is 2. The molecule has 0 spiro atoms. The van der Waals surface area contributed by atoms with Gasteiger partial charge in [0.15, 0.2) is 0 Å². The van der Waals surface area contributed by atoms with Crippen molar-refractivity contribution in [2.75, 3.05) is 17.1 Å². The Labute approximate surface area is 244 Å². The molecule has 3 rings (SSSR count). The van der Waals surface area contributed by atoms with Crippen molar-refractivity contribution in [3.63, 3.8) is 0 Å². The Balaban J connectivity index is 1.98. The van der Waals surface area contributed by atoms with Gasteiger partial charge in [-0.05, 0) is 49.6 Å². The van der Waals surface area contributed by atoms with E-state index >= 15 is 0 Å². The van der Waals surface area contributed by atoms with E-state index in [4.69, 9.17) is 46.4 Å². The highest BCUT2D eigenvalue weighted by Gasteiger charge is 2.33. The summed E-state index contributed by atoms with van der Waals surface area (Å²) in [7, 11) is -3.93. The van der Waals surface area contributed by atoms with E-state index in [-0.39, 0.29) is 34.2 Å². The highest BCUT2D eigenvalue weighted by atomic mass is 35.5. The summed E-state index contributed by atoms with van der Waals surface area (Å²) >= 11 is 25.0. The number of hydrogen-bond donors (Lipinski definition) is 1. The van der Waals surface area contributed by atoms with E-state index in [1.165, 1.54) is 23.1 Å². The smallest absolute Gasteiger partial charge is 0.244 e. The van der Waals surface area contributed by atoms with Gasteiger partial charge in [0, 0.05) is 38.2 Å². The average molecular weight is 623 g/mol. The van der Waals surface area contributed by atoms with Crippen molar-refractivity contribution in [3.05, 3.63) is 62.1 Å². The zero-order valence-corrected chi connectivity index (χ0v) is 25.1. The van der Waals surface area contributed by atoms with Crippen LogP contribution in [0.3, 0.4) is 0 Å². The van der Waals surface area contributed by atoms with E-state index in [1.54, 1.807) is 25.1 Å². The van der Waals surface area contributed by atoms with Crippen LogP contribution in [-0.4, -0.2) is 50.0 Å². The Hall–Kier alpha value is -1.71. The van der Waals surface area contributed by atoms with Gasteiger partial charge in [-0.1, -0.05) is 78.7 Å². The van der Waals surface area contributed by atoms with Crippen LogP contribution in [0.15, 0.2) is 36.4 Å². The molecule has 2 aromatic rings. The first-order valence-corrected chi connectivity index (χ1v) is 15.7. The number of benzene rings is 2. The van der Waals surface area contributed by atoms with Gasteiger partial charge >= 0.3 is 0 Å². The third-order valence-electron chi connectivity index (χ3n) is 6.54. The SMILES string of the molecule is CCC(C(=O)NC1CCCCC1)N(Cc1c(Cl)cccc1Cl)C(=O)CN(c1cc(Cl)cc(Cl)c1)S(C)(=O)=O. The van der Waals surface area contributed by atoms with Crippen molar-refractivity contribution in [1.82, 2.24) is 10.2 Å². The minimum Gasteiger partial charge on any atom is -0.352 e. The van der Waals surface area contributed by atoms with Crippen molar-refractivity contribution < 1.29 is 18.0 Å². The van der Waals surface area contributed by atoms with Crippen LogP contribution in [0.2, 0.25) is 20.1 Å². The number of halogens is 4. The summed E-state index contributed by atoms with van der Waals surface area (Å²) in [6.45, 7) is 1.14. The third-order valence-corrected chi connectivity index (χ3v) is 8.83. The fraction of sp³-hybridized carbons (Fsp3) is 0.462. The second-order valence-corrected chi connectivity index (χ2v) is 13.0. The van der Waals surface area contributed by atoms with Crippen molar-refractivity contribution in [3.8, 4) is 0 Å². The second-order valence-electron chi connectivity index (χ2n) is 9.39. The maximum Gasteiger partial charge on any atom is 0.244 e. The summed E-state index contributed by atoms with van der Waals surface area (Å²) in [6.07, 6.45) is 6.24. The highest BCUT2D eigenvalue weighted by molar-refractivity contribution is 7.92. The van der Waals surface area contributed by atoms with Gasteiger partial charge in [-0.25, -0.2) is 8.42 Å². The van der Waals surface area contributed by atoms with E-state index in [1.807, 2.05) is 0 Å². The van der Waals surface area contributed by atoms with Crippen LogP contribution < -0.4 is 9.62 Å². The molecular formula is C26H31Cl4N3O4S. The van der Waals surface area contributed by atoms with Gasteiger partial charge in [0.1, 0.15) is 12.6 Å². The Kier molecular flexibility index (Phi) is 11.0. The summed E-state index contributed by atoms with van der Waals surface area (Å²) in [6, 6.07) is 8.41. The topological polar surface area (TPSA) is 86.8 Å². The molecule has 1 atom stereocenters. The van der Waals surface area contributed by atoms with Crippen LogP contribution in [0, 0.1) is 0 Å². The van der Waals surface area contributed by atoms with E-state index in [0.29, 0.717) is 22.0 Å². The largest absolute Gasteiger partial charge is 0.352 e. The number of nitrogens with zero attached hydrogens (tertiary/aromatic N) is 2. The maximum absolute atomic E-state index is 13.9. The number of anilines is 1. The normalized spacial score (nSPS) is 15.1. The minimum atomic E-state index is -3.93. The van der Waals surface area contributed by atoms with Crippen LogP contribution in [0.1, 0.15) is 51.0 Å². The lowest BCUT2D eigenvalue weighted by Gasteiger charge is -2.34. The molecule has 0 radical (unpaired) electrons. The van der Waals surface area contributed by atoms with Gasteiger partial charge in [0.25, 0.3) is 0 Å². The monoisotopic (exact) mass is 621 g/mol. The summed E-state index contributed by atoms with van der Waals surface area (Å²) in [5.41, 5.74) is 0.596. The van der Waals surface area contributed by atoms with Crippen molar-refractivity contribution >= 4 is 73.9 Å². The Morgan fingerprint density at radius 2 is 1.58 bits per heavy atom. The lowest BCUT2D eigenvalue weighted by Crippen LogP contribution is -2.54. The molecule has 208 valence electrons. The number of hydrogen-bond acceptors (Lipinski definition) is 4. The Morgan fingerprint density at radius 1 is 1.00 bits per heavy atom. The molecule has 0 aromatic heterocycles. The fourth-order valence-electron chi connectivity index (χ4n) is 4.61. The fourth-order valence-corrected chi connectivity index (χ4v) is 6.48. The van der Waals surface area contributed by atoms with Crippen LogP contribution >= 0.6 is 46.4 Å². The molecule has 1 unspecified atom stereocenters. The lowest BCUT2D eigenvalue weighted by atomic mass is 9.95. The molecule has 0 aliphatic heterocycles. The number of rotatable bonds is 10. The summed E-state index contributed by atoms with van der Waals surface area (Å²) in [5.74, 6) is -0.902. The minimum absolute atomic E-state index is 0.0345. The van der Waals surface area contributed by atoms with Crippen molar-refractivity contribution in [2.24, 2.45) is 0 Å². The van der Waals surface area contributed by atoms with Crippen LogP contribution in [-0.2, 0) is 26.2 Å². The molecule has 0 heterocycles. The Morgan fingerprint density at radius 3 is 2.11 bits per heavy atom. The summed E-state index contributed by atoms with van der Waals surface area (Å²) in [5, 5.41) is 4.18. The number of carbonyl (C=O) groups is 2. The van der Waals surface area contributed by atoms with Gasteiger partial charge in [-0.3, -0.25) is 13.9 Å². The van der Waals surface area contributed by atoms with E-state index in [2.05, 4.69) is 5.32 Å². The zero-order chi connectivity index (χ0) is 28.0. The van der Waals surface area contributed by atoms with E-state index in [0.717, 1.165) is 42.7 Å². The molecule has 38 heavy (non-hydrogen) atoms. The van der Waals surface area contributed by atoms with Crippen LogP contribution in [0.25, 0.3) is 0 Å². The van der Waals surface area contributed by atoms with Gasteiger partial charge < -0.3 is 10.2 Å². The first-order valence-electron chi connectivity index (χ1n) is 12.4. The van der Waals surface area contributed by atoms with Gasteiger partial charge in [-0.2, -0.15) is 0 Å².